The maximum Gasteiger partial charge on any atom is 0.169 e. The van der Waals surface area contributed by atoms with Gasteiger partial charge >= 0.3 is 0 Å². The number of ether oxygens (including phenoxy) is 2. The van der Waals surface area contributed by atoms with E-state index in [1.807, 2.05) is 42.5 Å². The number of hydrogen-bond donors (Lipinski definition) is 0. The summed E-state index contributed by atoms with van der Waals surface area (Å²) in [4.78, 5) is 0. The average Bonchev–Trinajstić information content (AvgIpc) is 2.39. The molecule has 1 aliphatic heterocycles. The molecule has 1 aliphatic rings. The Hall–Kier alpha value is -1.96. The summed E-state index contributed by atoms with van der Waals surface area (Å²) in [5, 5.41) is 0. The molecule has 16 heavy (non-hydrogen) atoms. The zero-order valence-corrected chi connectivity index (χ0v) is 8.77. The minimum Gasteiger partial charge on any atom is -0.486 e. The molecule has 0 atom stereocenters. The summed E-state index contributed by atoms with van der Waals surface area (Å²) in [7, 11) is 0. The van der Waals surface area contributed by atoms with Crippen LogP contribution in [-0.2, 0) is 0 Å². The molecule has 3 rings (SSSR count). The molecule has 0 N–H and O–H groups in total. The van der Waals surface area contributed by atoms with Gasteiger partial charge < -0.3 is 9.47 Å². The summed E-state index contributed by atoms with van der Waals surface area (Å²) in [5.41, 5.74) is 2.17. The zero-order valence-electron chi connectivity index (χ0n) is 8.77. The molecule has 0 unspecified atom stereocenters. The maximum absolute atomic E-state index is 5.67. The van der Waals surface area contributed by atoms with Gasteiger partial charge in [-0.3, -0.25) is 0 Å². The third kappa shape index (κ3) is 1.52. The molecule has 0 spiro atoms. The molecule has 0 aliphatic carbocycles. The van der Waals surface area contributed by atoms with E-state index in [2.05, 4.69) is 6.07 Å². The van der Waals surface area contributed by atoms with E-state index >= 15 is 0 Å². The fraction of sp³-hybridized carbons (Fsp3) is 0.143. The van der Waals surface area contributed by atoms with Crippen LogP contribution in [0.2, 0.25) is 0 Å². The van der Waals surface area contributed by atoms with Crippen LogP contribution in [-0.4, -0.2) is 13.2 Å². The molecule has 79 valence electrons. The van der Waals surface area contributed by atoms with Gasteiger partial charge in [0.15, 0.2) is 11.5 Å². The van der Waals surface area contributed by atoms with Gasteiger partial charge in [0.25, 0.3) is 0 Å². The lowest BCUT2D eigenvalue weighted by molar-refractivity contribution is 0.172. The lowest BCUT2D eigenvalue weighted by Crippen LogP contribution is -2.15. The van der Waals surface area contributed by atoms with E-state index in [1.54, 1.807) is 0 Å². The Balaban J connectivity index is 2.14. The van der Waals surface area contributed by atoms with Crippen molar-refractivity contribution >= 4 is 0 Å². The summed E-state index contributed by atoms with van der Waals surface area (Å²) in [6.45, 7) is 1.23. The Bertz CT molecular complexity index is 491. The fourth-order valence-electron chi connectivity index (χ4n) is 1.86. The van der Waals surface area contributed by atoms with E-state index in [-0.39, 0.29) is 0 Å². The van der Waals surface area contributed by atoms with Crippen molar-refractivity contribution in [3.8, 4) is 22.6 Å². The summed E-state index contributed by atoms with van der Waals surface area (Å²) in [6, 6.07) is 16.9. The number of para-hydroxylation sites is 1. The Morgan fingerprint density at radius 2 is 1.94 bits per heavy atom. The van der Waals surface area contributed by atoms with E-state index in [0.717, 1.165) is 22.6 Å². The van der Waals surface area contributed by atoms with Crippen molar-refractivity contribution in [2.45, 2.75) is 0 Å². The standard InChI is InChI=1S/C14H11O2/c1-2-5-11(6-3-1)12-7-4-8-13-14(12)16-10-9-15-13/h1-2,4-8H,9-10H2. The van der Waals surface area contributed by atoms with Gasteiger partial charge in [0.2, 0.25) is 0 Å². The Labute approximate surface area is 94.4 Å². The molecule has 0 amide bonds. The molecule has 2 nitrogen and oxygen atoms in total. The van der Waals surface area contributed by atoms with Gasteiger partial charge in [0.1, 0.15) is 13.2 Å². The number of benzene rings is 2. The number of hydrogen-bond acceptors (Lipinski definition) is 2. The highest BCUT2D eigenvalue weighted by Crippen LogP contribution is 2.39. The third-order valence-electron chi connectivity index (χ3n) is 2.58. The molecule has 0 aromatic heterocycles. The first-order chi connectivity index (χ1) is 7.95. The minimum atomic E-state index is 0.612. The van der Waals surface area contributed by atoms with Crippen molar-refractivity contribution in [1.82, 2.24) is 0 Å². The van der Waals surface area contributed by atoms with Crippen molar-refractivity contribution in [3.05, 3.63) is 48.5 Å². The third-order valence-corrected chi connectivity index (χ3v) is 2.58. The molecule has 0 bridgehead atoms. The molecule has 0 saturated carbocycles. The van der Waals surface area contributed by atoms with E-state index in [4.69, 9.17) is 9.47 Å². The van der Waals surface area contributed by atoms with Crippen LogP contribution < -0.4 is 9.47 Å². The predicted octanol–water partition coefficient (Wildman–Crippen LogP) is 2.92. The zero-order chi connectivity index (χ0) is 10.8. The first kappa shape index (κ1) is 9.28. The average molecular weight is 211 g/mol. The van der Waals surface area contributed by atoms with Crippen LogP contribution in [0, 0.1) is 6.07 Å². The van der Waals surface area contributed by atoms with Crippen LogP contribution in [0.3, 0.4) is 0 Å². The van der Waals surface area contributed by atoms with Crippen LogP contribution in [0.15, 0.2) is 42.5 Å². The highest BCUT2D eigenvalue weighted by atomic mass is 16.6. The molecule has 0 saturated heterocycles. The summed E-state index contributed by atoms with van der Waals surface area (Å²) < 4.78 is 11.2. The lowest BCUT2D eigenvalue weighted by atomic mass is 10.0. The van der Waals surface area contributed by atoms with Gasteiger partial charge in [-0.1, -0.05) is 30.3 Å². The minimum absolute atomic E-state index is 0.612. The quantitative estimate of drug-likeness (QED) is 0.722. The molecule has 2 aromatic carbocycles. The number of fused-ring (bicyclic) bond motifs is 1. The maximum atomic E-state index is 5.67. The summed E-state index contributed by atoms with van der Waals surface area (Å²) in [6.07, 6.45) is 0. The Morgan fingerprint density at radius 1 is 1.00 bits per heavy atom. The van der Waals surface area contributed by atoms with Crippen LogP contribution in [0.5, 0.6) is 11.5 Å². The van der Waals surface area contributed by atoms with E-state index in [1.165, 1.54) is 0 Å². The van der Waals surface area contributed by atoms with Crippen LogP contribution in [0.1, 0.15) is 0 Å². The highest BCUT2D eigenvalue weighted by molar-refractivity contribution is 5.73. The fourth-order valence-corrected chi connectivity index (χ4v) is 1.86. The molecule has 1 heterocycles. The van der Waals surface area contributed by atoms with Gasteiger partial charge in [0.05, 0.1) is 0 Å². The molecule has 1 radical (unpaired) electrons. The van der Waals surface area contributed by atoms with E-state index < -0.39 is 0 Å². The second-order valence-electron chi connectivity index (χ2n) is 3.62. The monoisotopic (exact) mass is 211 g/mol. The largest absolute Gasteiger partial charge is 0.486 e. The lowest BCUT2D eigenvalue weighted by Gasteiger charge is -2.20. The van der Waals surface area contributed by atoms with Gasteiger partial charge in [-0.15, -0.1) is 0 Å². The van der Waals surface area contributed by atoms with Crippen molar-refractivity contribution in [2.75, 3.05) is 13.2 Å². The van der Waals surface area contributed by atoms with E-state index in [9.17, 15) is 0 Å². The normalized spacial score (nSPS) is 13.5. The molecule has 2 aromatic rings. The first-order valence-electron chi connectivity index (χ1n) is 5.30. The second kappa shape index (κ2) is 3.89. The number of rotatable bonds is 1. The predicted molar refractivity (Wildman–Crippen MR) is 61.7 cm³/mol. The second-order valence-corrected chi connectivity index (χ2v) is 3.62. The van der Waals surface area contributed by atoms with Crippen molar-refractivity contribution in [1.29, 1.82) is 0 Å². The smallest absolute Gasteiger partial charge is 0.169 e. The highest BCUT2D eigenvalue weighted by Gasteiger charge is 2.15. The van der Waals surface area contributed by atoms with Gasteiger partial charge in [-0.25, -0.2) is 0 Å². The Kier molecular flexibility index (Phi) is 2.26. The SMILES string of the molecule is [c]1cccc(-c2cccc3c2OCCO3)c1. The van der Waals surface area contributed by atoms with Crippen LogP contribution >= 0.6 is 0 Å². The van der Waals surface area contributed by atoms with Crippen LogP contribution in [0.4, 0.5) is 0 Å². The molecular formula is C14H11O2. The van der Waals surface area contributed by atoms with Crippen molar-refractivity contribution in [3.63, 3.8) is 0 Å². The van der Waals surface area contributed by atoms with Crippen molar-refractivity contribution in [2.24, 2.45) is 0 Å². The van der Waals surface area contributed by atoms with Crippen LogP contribution in [0.25, 0.3) is 11.1 Å². The first-order valence-corrected chi connectivity index (χ1v) is 5.30. The van der Waals surface area contributed by atoms with Gasteiger partial charge in [-0.2, -0.15) is 0 Å². The topological polar surface area (TPSA) is 18.5 Å². The summed E-state index contributed by atoms with van der Waals surface area (Å²) >= 11 is 0. The van der Waals surface area contributed by atoms with Gasteiger partial charge in [0, 0.05) is 5.56 Å². The molecular weight excluding hydrogens is 200 g/mol. The Morgan fingerprint density at radius 3 is 2.81 bits per heavy atom. The van der Waals surface area contributed by atoms with Crippen molar-refractivity contribution < 1.29 is 9.47 Å². The van der Waals surface area contributed by atoms with Gasteiger partial charge in [-0.05, 0) is 23.8 Å². The summed E-state index contributed by atoms with van der Waals surface area (Å²) in [5.74, 6) is 1.67. The van der Waals surface area contributed by atoms with E-state index in [0.29, 0.717) is 13.2 Å². The molecule has 0 fully saturated rings. The molecule has 2 heteroatoms.